The van der Waals surface area contributed by atoms with Crippen LogP contribution in [-0.4, -0.2) is 27.3 Å². The number of hydrogen-bond acceptors (Lipinski definition) is 4. The van der Waals surface area contributed by atoms with Crippen molar-refractivity contribution in [3.63, 3.8) is 0 Å². The van der Waals surface area contributed by atoms with Crippen molar-refractivity contribution in [2.75, 3.05) is 6.54 Å². The van der Waals surface area contributed by atoms with Crippen LogP contribution in [-0.2, 0) is 16.6 Å². The lowest BCUT2D eigenvalue weighted by Gasteiger charge is -2.24. The highest BCUT2D eigenvalue weighted by Crippen LogP contribution is 2.35. The number of aryl methyl sites for hydroxylation is 1. The maximum absolute atomic E-state index is 12.8. The maximum Gasteiger partial charge on any atom is 0.223 e. The van der Waals surface area contributed by atoms with E-state index in [1.165, 1.54) is 0 Å². The Morgan fingerprint density at radius 3 is 2.80 bits per heavy atom. The zero-order valence-electron chi connectivity index (χ0n) is 15.5. The summed E-state index contributed by atoms with van der Waals surface area (Å²) in [5.41, 5.74) is 1.05. The summed E-state index contributed by atoms with van der Waals surface area (Å²) in [5, 5.41) is 0. The summed E-state index contributed by atoms with van der Waals surface area (Å²) in [6, 6.07) is 4.12. The van der Waals surface area contributed by atoms with E-state index >= 15 is 0 Å². The number of carbonyl (C=O) groups excluding carboxylic acids is 1. The molecular formula is C20H27N3O2. The fraction of sp³-hybridized carbons (Fsp3) is 0.550. The minimum atomic E-state index is -0.0644. The number of rotatable bonds is 4. The molecule has 25 heavy (non-hydrogen) atoms. The summed E-state index contributed by atoms with van der Waals surface area (Å²) in [5.74, 6) is 2.17. The van der Waals surface area contributed by atoms with Crippen LogP contribution in [0.15, 0.2) is 35.1 Å². The van der Waals surface area contributed by atoms with Gasteiger partial charge in [-0.05, 0) is 24.0 Å². The third-order valence-electron chi connectivity index (χ3n) is 4.75. The summed E-state index contributed by atoms with van der Waals surface area (Å²) < 4.78 is 5.80. The fourth-order valence-electron chi connectivity index (χ4n) is 3.34. The first-order chi connectivity index (χ1) is 11.8. The Morgan fingerprint density at radius 1 is 1.36 bits per heavy atom. The van der Waals surface area contributed by atoms with Crippen molar-refractivity contribution in [1.29, 1.82) is 0 Å². The van der Waals surface area contributed by atoms with E-state index in [0.29, 0.717) is 24.7 Å². The molecule has 0 N–H and O–H groups in total. The molecule has 3 heterocycles. The van der Waals surface area contributed by atoms with E-state index in [1.54, 1.807) is 12.4 Å². The third kappa shape index (κ3) is 4.09. The number of hydrogen-bond donors (Lipinski definition) is 0. The van der Waals surface area contributed by atoms with Gasteiger partial charge in [0.25, 0.3) is 0 Å². The Balaban J connectivity index is 1.65. The van der Waals surface area contributed by atoms with E-state index in [0.717, 1.165) is 24.3 Å². The zero-order chi connectivity index (χ0) is 18.0. The van der Waals surface area contributed by atoms with Gasteiger partial charge in [-0.25, -0.2) is 4.98 Å². The molecule has 5 nitrogen and oxygen atoms in total. The van der Waals surface area contributed by atoms with Crippen LogP contribution in [0.3, 0.4) is 0 Å². The number of aromatic nitrogens is 2. The monoisotopic (exact) mass is 341 g/mol. The summed E-state index contributed by atoms with van der Waals surface area (Å²) in [6.07, 6.45) is 7.37. The van der Waals surface area contributed by atoms with Crippen LogP contribution in [0.1, 0.15) is 63.8 Å². The Hall–Kier alpha value is -2.17. The molecule has 2 aromatic heterocycles. The molecule has 0 bridgehead atoms. The lowest BCUT2D eigenvalue weighted by Crippen LogP contribution is -2.31. The molecule has 1 aliphatic rings. The lowest BCUT2D eigenvalue weighted by molar-refractivity contribution is -0.132. The van der Waals surface area contributed by atoms with E-state index in [-0.39, 0.29) is 17.4 Å². The van der Waals surface area contributed by atoms with Gasteiger partial charge >= 0.3 is 0 Å². The van der Waals surface area contributed by atoms with Crippen LogP contribution < -0.4 is 0 Å². The van der Waals surface area contributed by atoms with E-state index in [1.807, 2.05) is 17.2 Å². The van der Waals surface area contributed by atoms with Gasteiger partial charge in [0.05, 0.1) is 12.2 Å². The largest absolute Gasteiger partial charge is 0.445 e. The molecule has 134 valence electrons. The molecule has 1 amide bonds. The number of oxazole rings is 1. The lowest BCUT2D eigenvalue weighted by atomic mass is 9.94. The average Bonchev–Trinajstić information content (AvgIpc) is 3.20. The van der Waals surface area contributed by atoms with E-state index in [9.17, 15) is 4.79 Å². The van der Waals surface area contributed by atoms with Gasteiger partial charge in [0, 0.05) is 37.2 Å². The molecule has 2 unspecified atom stereocenters. The highest BCUT2D eigenvalue weighted by molar-refractivity contribution is 5.77. The standard InChI is InChI=1S/C20H27N3O2/c1-14-10-16(15-6-5-9-21-11-15)23(13-14)19(24)8-7-18-22-12-17(25-18)20(2,3)4/h5-6,9,11-12,14,16H,7-8,10,13H2,1-4H3. The minimum absolute atomic E-state index is 0.0644. The van der Waals surface area contributed by atoms with Gasteiger partial charge < -0.3 is 9.32 Å². The molecule has 1 saturated heterocycles. The predicted octanol–water partition coefficient (Wildman–Crippen LogP) is 3.91. The molecule has 2 aromatic rings. The van der Waals surface area contributed by atoms with E-state index in [4.69, 9.17) is 4.42 Å². The van der Waals surface area contributed by atoms with Gasteiger partial charge in [-0.2, -0.15) is 0 Å². The van der Waals surface area contributed by atoms with Crippen LogP contribution >= 0.6 is 0 Å². The molecule has 0 spiro atoms. The van der Waals surface area contributed by atoms with Crippen molar-refractivity contribution in [1.82, 2.24) is 14.9 Å². The molecule has 5 heteroatoms. The van der Waals surface area contributed by atoms with E-state index in [2.05, 4.69) is 43.7 Å². The Kier molecular flexibility index (Phi) is 4.93. The van der Waals surface area contributed by atoms with E-state index < -0.39 is 0 Å². The molecular weight excluding hydrogens is 314 g/mol. The van der Waals surface area contributed by atoms with Crippen molar-refractivity contribution in [2.45, 2.75) is 58.4 Å². The molecule has 0 aliphatic carbocycles. The van der Waals surface area contributed by atoms with Gasteiger partial charge in [-0.3, -0.25) is 9.78 Å². The second-order valence-corrected chi connectivity index (χ2v) is 8.06. The SMILES string of the molecule is CC1CC(c2cccnc2)N(C(=O)CCc2ncc(C(C)(C)C)o2)C1. The first-order valence-electron chi connectivity index (χ1n) is 8.99. The first-order valence-corrected chi connectivity index (χ1v) is 8.99. The van der Waals surface area contributed by atoms with Gasteiger partial charge in [0.1, 0.15) is 5.76 Å². The summed E-state index contributed by atoms with van der Waals surface area (Å²) in [4.78, 5) is 23.3. The molecule has 3 rings (SSSR count). The predicted molar refractivity (Wildman–Crippen MR) is 96.0 cm³/mol. The Labute approximate surface area is 149 Å². The van der Waals surface area contributed by atoms with Crippen molar-refractivity contribution >= 4 is 5.91 Å². The van der Waals surface area contributed by atoms with Gasteiger partial charge in [0.2, 0.25) is 5.91 Å². The van der Waals surface area contributed by atoms with Gasteiger partial charge in [0.15, 0.2) is 5.89 Å². The first kappa shape index (κ1) is 17.6. The number of likely N-dealkylation sites (tertiary alicyclic amines) is 1. The number of nitrogens with zero attached hydrogens (tertiary/aromatic N) is 3. The summed E-state index contributed by atoms with van der Waals surface area (Å²) in [7, 11) is 0. The van der Waals surface area contributed by atoms with Crippen LogP contribution in [0.4, 0.5) is 0 Å². The van der Waals surface area contributed by atoms with Crippen LogP contribution in [0, 0.1) is 5.92 Å². The zero-order valence-corrected chi connectivity index (χ0v) is 15.5. The van der Waals surface area contributed by atoms with Gasteiger partial charge in [-0.1, -0.05) is 33.8 Å². The topological polar surface area (TPSA) is 59.2 Å². The average molecular weight is 341 g/mol. The van der Waals surface area contributed by atoms with Crippen LogP contribution in [0.2, 0.25) is 0 Å². The molecule has 0 aromatic carbocycles. The highest BCUT2D eigenvalue weighted by Gasteiger charge is 2.34. The Morgan fingerprint density at radius 2 is 2.16 bits per heavy atom. The molecule has 0 saturated carbocycles. The van der Waals surface area contributed by atoms with Crippen molar-refractivity contribution in [3.05, 3.63) is 47.9 Å². The fourth-order valence-corrected chi connectivity index (χ4v) is 3.34. The summed E-state index contributed by atoms with van der Waals surface area (Å²) in [6.45, 7) is 9.27. The number of carbonyl (C=O) groups is 1. The van der Waals surface area contributed by atoms with Crippen LogP contribution in [0.5, 0.6) is 0 Å². The third-order valence-corrected chi connectivity index (χ3v) is 4.75. The molecule has 1 aliphatic heterocycles. The molecule has 2 atom stereocenters. The Bertz CT molecular complexity index is 718. The summed E-state index contributed by atoms with van der Waals surface area (Å²) >= 11 is 0. The minimum Gasteiger partial charge on any atom is -0.445 e. The van der Waals surface area contributed by atoms with Crippen LogP contribution in [0.25, 0.3) is 0 Å². The highest BCUT2D eigenvalue weighted by atomic mass is 16.4. The molecule has 1 fully saturated rings. The van der Waals surface area contributed by atoms with Crippen molar-refractivity contribution < 1.29 is 9.21 Å². The maximum atomic E-state index is 12.8. The van der Waals surface area contributed by atoms with Crippen molar-refractivity contribution in [3.8, 4) is 0 Å². The normalized spacial score (nSPS) is 20.9. The molecule has 0 radical (unpaired) electrons. The quantitative estimate of drug-likeness (QED) is 0.846. The second-order valence-electron chi connectivity index (χ2n) is 8.06. The van der Waals surface area contributed by atoms with Gasteiger partial charge in [-0.15, -0.1) is 0 Å². The second kappa shape index (κ2) is 6.98. The number of pyridine rings is 1. The van der Waals surface area contributed by atoms with Crippen molar-refractivity contribution in [2.24, 2.45) is 5.92 Å². The smallest absolute Gasteiger partial charge is 0.223 e. The number of amides is 1.